The van der Waals surface area contributed by atoms with Crippen molar-refractivity contribution in [3.63, 3.8) is 0 Å². The second kappa shape index (κ2) is 10.7. The summed E-state index contributed by atoms with van der Waals surface area (Å²) in [7, 11) is 0. The molecule has 1 aliphatic rings. The van der Waals surface area contributed by atoms with Crippen LogP contribution in [0.25, 0.3) is 0 Å². The molecule has 6 heteroatoms. The van der Waals surface area contributed by atoms with Gasteiger partial charge >= 0.3 is 0 Å². The summed E-state index contributed by atoms with van der Waals surface area (Å²) in [5.41, 5.74) is 1.76. The molecule has 0 bridgehead atoms. The fraction of sp³-hybridized carbons (Fsp3) is 0.391. The molecule has 1 fully saturated rings. The number of piperidine rings is 1. The van der Waals surface area contributed by atoms with Gasteiger partial charge in [-0.25, -0.2) is 0 Å². The largest absolute Gasteiger partial charge is 0.352 e. The summed E-state index contributed by atoms with van der Waals surface area (Å²) in [5.74, 6) is 1.39. The summed E-state index contributed by atoms with van der Waals surface area (Å²) in [6.45, 7) is 4.23. The second-order valence-corrected chi connectivity index (χ2v) is 9.02. The monoisotopic (exact) mass is 430 g/mol. The molecule has 3 rings (SSSR count). The van der Waals surface area contributed by atoms with E-state index < -0.39 is 0 Å². The minimum absolute atomic E-state index is 0.131. The van der Waals surface area contributed by atoms with Crippen molar-refractivity contribution in [3.05, 3.63) is 64.7 Å². The number of nitrogens with one attached hydrogen (secondary N) is 1. The number of hydrogen-bond donors (Lipinski definition) is 1. The average Bonchev–Trinajstić information content (AvgIpc) is 2.73. The number of benzene rings is 2. The molecule has 154 valence electrons. The van der Waals surface area contributed by atoms with Crippen LogP contribution in [0.4, 0.5) is 0 Å². The average molecular weight is 431 g/mol. The van der Waals surface area contributed by atoms with Gasteiger partial charge in [-0.2, -0.15) is 0 Å². The molecule has 0 aliphatic carbocycles. The lowest BCUT2D eigenvalue weighted by Gasteiger charge is -2.31. The Hall–Kier alpha value is -1.98. The zero-order valence-corrected chi connectivity index (χ0v) is 18.3. The van der Waals surface area contributed by atoms with Crippen molar-refractivity contribution in [2.24, 2.45) is 5.92 Å². The molecule has 0 aromatic heterocycles. The van der Waals surface area contributed by atoms with Crippen molar-refractivity contribution in [1.82, 2.24) is 10.2 Å². The van der Waals surface area contributed by atoms with Crippen LogP contribution in [0.5, 0.6) is 0 Å². The Bertz CT molecular complexity index is 824. The molecule has 4 nitrogen and oxygen atoms in total. The van der Waals surface area contributed by atoms with E-state index in [9.17, 15) is 9.59 Å². The highest BCUT2D eigenvalue weighted by Crippen LogP contribution is 2.24. The van der Waals surface area contributed by atoms with Crippen molar-refractivity contribution < 1.29 is 9.59 Å². The third-order valence-corrected chi connectivity index (χ3v) is 6.40. The minimum atomic E-state index is -0.137. The normalized spacial score (nSPS) is 16.5. The molecule has 1 aliphatic heterocycles. The fourth-order valence-corrected chi connectivity index (χ4v) is 4.39. The molecule has 1 saturated heterocycles. The Balaban J connectivity index is 1.41. The topological polar surface area (TPSA) is 49.4 Å². The van der Waals surface area contributed by atoms with Gasteiger partial charge in [-0.15, -0.1) is 11.8 Å². The highest BCUT2D eigenvalue weighted by Gasteiger charge is 2.20. The Morgan fingerprint density at radius 1 is 1.14 bits per heavy atom. The van der Waals surface area contributed by atoms with Crippen LogP contribution in [0, 0.1) is 5.92 Å². The highest BCUT2D eigenvalue weighted by molar-refractivity contribution is 7.98. The fourth-order valence-electron chi connectivity index (χ4n) is 3.41. The summed E-state index contributed by atoms with van der Waals surface area (Å²) in [6.07, 6.45) is 2.62. The molecule has 1 N–H and O–H groups in total. The lowest BCUT2D eigenvalue weighted by molar-refractivity contribution is -0.132. The summed E-state index contributed by atoms with van der Waals surface area (Å²) in [4.78, 5) is 27.7. The van der Waals surface area contributed by atoms with Gasteiger partial charge in [-0.05, 0) is 60.7 Å². The van der Waals surface area contributed by atoms with E-state index in [1.807, 2.05) is 53.4 Å². The number of amides is 2. The summed E-state index contributed by atoms with van der Waals surface area (Å²) >= 11 is 7.63. The molecule has 29 heavy (non-hydrogen) atoms. The first-order chi connectivity index (χ1) is 14.0. The number of rotatable bonds is 7. The van der Waals surface area contributed by atoms with Crippen LogP contribution in [0.1, 0.15) is 42.1 Å². The van der Waals surface area contributed by atoms with E-state index in [1.54, 1.807) is 11.8 Å². The Morgan fingerprint density at radius 2 is 1.86 bits per heavy atom. The van der Waals surface area contributed by atoms with Crippen molar-refractivity contribution >= 4 is 35.2 Å². The number of halogens is 1. The summed E-state index contributed by atoms with van der Waals surface area (Å²) in [5, 5.41) is 3.59. The first-order valence-corrected chi connectivity index (χ1v) is 11.4. The zero-order valence-electron chi connectivity index (χ0n) is 16.7. The van der Waals surface area contributed by atoms with E-state index in [0.29, 0.717) is 24.4 Å². The van der Waals surface area contributed by atoms with Crippen LogP contribution in [-0.4, -0.2) is 36.3 Å². The molecular formula is C23H27ClN2O2S. The van der Waals surface area contributed by atoms with E-state index in [-0.39, 0.29) is 11.8 Å². The van der Waals surface area contributed by atoms with E-state index in [1.165, 1.54) is 6.42 Å². The number of nitrogens with zero attached hydrogens (tertiary/aromatic N) is 1. The first-order valence-electron chi connectivity index (χ1n) is 10.0. The maximum Gasteiger partial charge on any atom is 0.251 e. The number of thioether (sulfide) groups is 1. The van der Waals surface area contributed by atoms with E-state index in [2.05, 4.69) is 12.2 Å². The van der Waals surface area contributed by atoms with Gasteiger partial charge in [0.15, 0.2) is 0 Å². The van der Waals surface area contributed by atoms with Crippen molar-refractivity contribution in [3.8, 4) is 0 Å². The van der Waals surface area contributed by atoms with Crippen LogP contribution >= 0.6 is 23.4 Å². The first kappa shape index (κ1) is 21.7. The minimum Gasteiger partial charge on any atom is -0.352 e. The molecule has 0 saturated carbocycles. The van der Waals surface area contributed by atoms with Gasteiger partial charge in [-0.1, -0.05) is 30.7 Å². The van der Waals surface area contributed by atoms with Crippen LogP contribution in [0.2, 0.25) is 5.02 Å². The molecule has 1 atom stereocenters. The Morgan fingerprint density at radius 3 is 2.55 bits per heavy atom. The highest BCUT2D eigenvalue weighted by atomic mass is 35.5. The van der Waals surface area contributed by atoms with Crippen LogP contribution < -0.4 is 5.32 Å². The van der Waals surface area contributed by atoms with Crippen LogP contribution in [-0.2, 0) is 10.5 Å². The number of likely N-dealkylation sites (tertiary alicyclic amines) is 1. The van der Waals surface area contributed by atoms with Gasteiger partial charge in [0.2, 0.25) is 5.91 Å². The molecule has 2 amide bonds. The predicted octanol–water partition coefficient (Wildman–Crippen LogP) is 5.01. The molecule has 2 aromatic rings. The molecule has 1 unspecified atom stereocenters. The summed E-state index contributed by atoms with van der Waals surface area (Å²) < 4.78 is 0. The molecular weight excluding hydrogens is 404 g/mol. The Kier molecular flexibility index (Phi) is 8.01. The number of carbonyl (C=O) groups is 2. The zero-order chi connectivity index (χ0) is 20.6. The van der Waals surface area contributed by atoms with Crippen molar-refractivity contribution in [2.45, 2.75) is 36.8 Å². The van der Waals surface area contributed by atoms with E-state index >= 15 is 0 Å². The predicted molar refractivity (Wildman–Crippen MR) is 119 cm³/mol. The van der Waals surface area contributed by atoms with Crippen LogP contribution in [0.3, 0.4) is 0 Å². The Labute approximate surface area is 182 Å². The van der Waals surface area contributed by atoms with E-state index in [4.69, 9.17) is 11.6 Å². The van der Waals surface area contributed by atoms with Gasteiger partial charge in [-0.3, -0.25) is 9.59 Å². The van der Waals surface area contributed by atoms with Crippen LogP contribution in [0.15, 0.2) is 53.4 Å². The number of carbonyl (C=O) groups excluding carboxylic acids is 2. The van der Waals surface area contributed by atoms with Gasteiger partial charge in [0.1, 0.15) is 0 Å². The quantitative estimate of drug-likeness (QED) is 0.628. The standard InChI is InChI=1S/C23H27ClN2O2S/c1-17-3-2-14-26(15-17)22(27)12-13-25-23(28)19-6-4-18(5-7-19)16-29-21-10-8-20(24)9-11-21/h4-11,17H,2-3,12-16H2,1H3,(H,25,28). The number of hydrogen-bond acceptors (Lipinski definition) is 3. The molecule has 0 spiro atoms. The van der Waals surface area contributed by atoms with Gasteiger partial charge < -0.3 is 10.2 Å². The second-order valence-electron chi connectivity index (χ2n) is 7.53. The van der Waals surface area contributed by atoms with E-state index in [0.717, 1.165) is 40.7 Å². The van der Waals surface area contributed by atoms with Crippen molar-refractivity contribution in [1.29, 1.82) is 0 Å². The maximum absolute atomic E-state index is 12.3. The molecule has 2 aromatic carbocycles. The lowest BCUT2D eigenvalue weighted by atomic mass is 10.00. The lowest BCUT2D eigenvalue weighted by Crippen LogP contribution is -2.40. The smallest absolute Gasteiger partial charge is 0.251 e. The van der Waals surface area contributed by atoms with Gasteiger partial charge in [0.25, 0.3) is 5.91 Å². The van der Waals surface area contributed by atoms with Crippen molar-refractivity contribution in [2.75, 3.05) is 19.6 Å². The SMILES string of the molecule is CC1CCCN(C(=O)CCNC(=O)c2ccc(CSc3ccc(Cl)cc3)cc2)C1. The third-order valence-electron chi connectivity index (χ3n) is 5.07. The van der Waals surface area contributed by atoms with Gasteiger partial charge in [0.05, 0.1) is 0 Å². The molecule has 0 radical (unpaired) electrons. The maximum atomic E-state index is 12.3. The van der Waals surface area contributed by atoms with Gasteiger partial charge in [0, 0.05) is 47.3 Å². The summed E-state index contributed by atoms with van der Waals surface area (Å²) in [6, 6.07) is 15.4. The third kappa shape index (κ3) is 6.79. The molecule has 1 heterocycles.